The Kier molecular flexibility index (Phi) is 4.03. The maximum atomic E-state index is 13.3. The Labute approximate surface area is 109 Å². The van der Waals surface area contributed by atoms with Gasteiger partial charge in [0.25, 0.3) is 0 Å². The molecule has 0 saturated heterocycles. The highest BCUT2D eigenvalue weighted by molar-refractivity contribution is 5.27. The number of aryl methyl sites for hydroxylation is 1. The van der Waals surface area contributed by atoms with Gasteiger partial charge in [-0.25, -0.2) is 4.39 Å². The molecule has 18 heavy (non-hydrogen) atoms. The Morgan fingerprint density at radius 1 is 1.44 bits per heavy atom. The quantitative estimate of drug-likeness (QED) is 0.866. The minimum absolute atomic E-state index is 0.0238. The van der Waals surface area contributed by atoms with Crippen LogP contribution in [0.3, 0.4) is 0 Å². The van der Waals surface area contributed by atoms with Crippen molar-refractivity contribution in [3.05, 3.63) is 35.1 Å². The van der Waals surface area contributed by atoms with E-state index in [1.807, 2.05) is 19.2 Å². The van der Waals surface area contributed by atoms with E-state index in [2.05, 4.69) is 5.32 Å². The van der Waals surface area contributed by atoms with Gasteiger partial charge in [-0.1, -0.05) is 12.1 Å². The molecule has 2 nitrogen and oxygen atoms in total. The molecule has 0 amide bonds. The van der Waals surface area contributed by atoms with Crippen molar-refractivity contribution in [3.8, 4) is 0 Å². The van der Waals surface area contributed by atoms with Crippen LogP contribution in [0.1, 0.15) is 42.9 Å². The van der Waals surface area contributed by atoms with Gasteiger partial charge in [-0.2, -0.15) is 0 Å². The average molecular weight is 251 g/mol. The first-order valence-corrected chi connectivity index (χ1v) is 6.59. The summed E-state index contributed by atoms with van der Waals surface area (Å²) in [5.74, 6) is -0.140. The van der Waals surface area contributed by atoms with Crippen LogP contribution in [0.4, 0.5) is 4.39 Å². The van der Waals surface area contributed by atoms with Gasteiger partial charge in [0, 0.05) is 13.2 Å². The SMILES string of the molecule is CNC(CC1(OC)CCC1)c1ccc(F)c(C)c1. The van der Waals surface area contributed by atoms with Crippen molar-refractivity contribution in [1.82, 2.24) is 5.32 Å². The van der Waals surface area contributed by atoms with Gasteiger partial charge in [0.1, 0.15) is 5.82 Å². The van der Waals surface area contributed by atoms with Gasteiger partial charge >= 0.3 is 0 Å². The Morgan fingerprint density at radius 3 is 2.61 bits per heavy atom. The number of hydrogen-bond acceptors (Lipinski definition) is 2. The minimum Gasteiger partial charge on any atom is -0.378 e. The summed E-state index contributed by atoms with van der Waals surface area (Å²) in [6.45, 7) is 1.81. The van der Waals surface area contributed by atoms with Crippen LogP contribution in [0.25, 0.3) is 0 Å². The lowest BCUT2D eigenvalue weighted by molar-refractivity contribution is -0.0834. The summed E-state index contributed by atoms with van der Waals surface area (Å²) in [5, 5.41) is 3.32. The summed E-state index contributed by atoms with van der Waals surface area (Å²) >= 11 is 0. The zero-order valence-corrected chi connectivity index (χ0v) is 11.4. The molecular formula is C15H22FNO. The van der Waals surface area contributed by atoms with Crippen molar-refractivity contribution >= 4 is 0 Å². The van der Waals surface area contributed by atoms with Crippen LogP contribution in [-0.2, 0) is 4.74 Å². The third-order valence-corrected chi connectivity index (χ3v) is 4.21. The van der Waals surface area contributed by atoms with Crippen LogP contribution in [0.2, 0.25) is 0 Å². The molecule has 0 aliphatic heterocycles. The molecule has 3 heteroatoms. The second-order valence-electron chi connectivity index (χ2n) is 5.29. The van der Waals surface area contributed by atoms with Crippen molar-refractivity contribution in [1.29, 1.82) is 0 Å². The van der Waals surface area contributed by atoms with Gasteiger partial charge in [0.2, 0.25) is 0 Å². The smallest absolute Gasteiger partial charge is 0.126 e. The maximum absolute atomic E-state index is 13.3. The lowest BCUT2D eigenvalue weighted by Gasteiger charge is -2.43. The number of benzene rings is 1. The number of hydrogen-bond donors (Lipinski definition) is 1. The molecule has 2 rings (SSSR count). The Hall–Kier alpha value is -0.930. The molecule has 1 aromatic rings. The predicted molar refractivity (Wildman–Crippen MR) is 71.1 cm³/mol. The third kappa shape index (κ3) is 2.57. The molecule has 0 heterocycles. The number of nitrogens with one attached hydrogen (secondary N) is 1. The lowest BCUT2D eigenvalue weighted by atomic mass is 9.74. The molecule has 1 N–H and O–H groups in total. The molecule has 0 spiro atoms. The fourth-order valence-electron chi connectivity index (χ4n) is 2.71. The minimum atomic E-state index is -0.140. The van der Waals surface area contributed by atoms with Crippen LogP contribution in [0.5, 0.6) is 0 Å². The van der Waals surface area contributed by atoms with E-state index in [4.69, 9.17) is 4.74 Å². The van der Waals surface area contributed by atoms with E-state index >= 15 is 0 Å². The van der Waals surface area contributed by atoms with Crippen molar-refractivity contribution in [2.75, 3.05) is 14.2 Å². The van der Waals surface area contributed by atoms with Gasteiger partial charge in [0.05, 0.1) is 5.60 Å². The van der Waals surface area contributed by atoms with E-state index in [0.717, 1.165) is 24.8 Å². The average Bonchev–Trinajstić information content (AvgIpc) is 2.33. The number of methoxy groups -OCH3 is 1. The van der Waals surface area contributed by atoms with Crippen molar-refractivity contribution in [2.45, 2.75) is 44.2 Å². The third-order valence-electron chi connectivity index (χ3n) is 4.21. The van der Waals surface area contributed by atoms with Crippen LogP contribution in [0.15, 0.2) is 18.2 Å². The van der Waals surface area contributed by atoms with Crippen molar-refractivity contribution in [2.24, 2.45) is 0 Å². The van der Waals surface area contributed by atoms with Crippen LogP contribution < -0.4 is 5.32 Å². The molecule has 0 radical (unpaired) electrons. The highest BCUT2D eigenvalue weighted by Crippen LogP contribution is 2.41. The van der Waals surface area contributed by atoms with Gasteiger partial charge < -0.3 is 10.1 Å². The van der Waals surface area contributed by atoms with E-state index in [0.29, 0.717) is 5.56 Å². The zero-order valence-electron chi connectivity index (χ0n) is 11.4. The number of ether oxygens (including phenoxy) is 1. The monoisotopic (exact) mass is 251 g/mol. The summed E-state index contributed by atoms with van der Waals surface area (Å²) in [6.07, 6.45) is 4.45. The van der Waals surface area contributed by atoms with Crippen LogP contribution >= 0.6 is 0 Å². The maximum Gasteiger partial charge on any atom is 0.126 e. The van der Waals surface area contributed by atoms with E-state index in [1.54, 1.807) is 20.1 Å². The highest BCUT2D eigenvalue weighted by Gasteiger charge is 2.39. The van der Waals surface area contributed by atoms with Crippen molar-refractivity contribution in [3.63, 3.8) is 0 Å². The first kappa shape index (κ1) is 13.5. The molecule has 1 aliphatic carbocycles. The molecule has 1 atom stereocenters. The summed E-state index contributed by atoms with van der Waals surface area (Å²) in [6, 6.07) is 5.57. The molecule has 0 bridgehead atoms. The largest absolute Gasteiger partial charge is 0.378 e. The molecule has 1 unspecified atom stereocenters. The van der Waals surface area contributed by atoms with Gasteiger partial charge in [-0.3, -0.25) is 0 Å². The van der Waals surface area contributed by atoms with E-state index in [1.165, 1.54) is 6.42 Å². The number of halogens is 1. The van der Waals surface area contributed by atoms with E-state index in [9.17, 15) is 4.39 Å². The Balaban J connectivity index is 2.14. The molecule has 0 aromatic heterocycles. The lowest BCUT2D eigenvalue weighted by Crippen LogP contribution is -2.42. The fraction of sp³-hybridized carbons (Fsp3) is 0.600. The second kappa shape index (κ2) is 5.37. The predicted octanol–water partition coefficient (Wildman–Crippen LogP) is 3.35. The van der Waals surface area contributed by atoms with Crippen LogP contribution in [0, 0.1) is 12.7 Å². The van der Waals surface area contributed by atoms with E-state index < -0.39 is 0 Å². The summed E-state index contributed by atoms with van der Waals surface area (Å²) in [7, 11) is 3.74. The van der Waals surface area contributed by atoms with Crippen LogP contribution in [-0.4, -0.2) is 19.8 Å². The first-order chi connectivity index (χ1) is 8.60. The fourth-order valence-corrected chi connectivity index (χ4v) is 2.71. The Bertz CT molecular complexity index is 409. The zero-order chi connectivity index (χ0) is 13.2. The molecule has 1 aromatic carbocycles. The summed E-state index contributed by atoms with van der Waals surface area (Å²) in [4.78, 5) is 0. The van der Waals surface area contributed by atoms with Gasteiger partial charge in [-0.05, 0) is 56.8 Å². The number of rotatable bonds is 5. The second-order valence-corrected chi connectivity index (χ2v) is 5.29. The molecule has 1 saturated carbocycles. The van der Waals surface area contributed by atoms with Crippen molar-refractivity contribution < 1.29 is 9.13 Å². The first-order valence-electron chi connectivity index (χ1n) is 6.59. The molecular weight excluding hydrogens is 229 g/mol. The molecule has 1 fully saturated rings. The summed E-state index contributed by atoms with van der Waals surface area (Å²) in [5.41, 5.74) is 1.86. The van der Waals surface area contributed by atoms with E-state index in [-0.39, 0.29) is 17.5 Å². The standard InChI is InChI=1S/C15H22FNO/c1-11-9-12(5-6-13(11)16)14(17-2)10-15(18-3)7-4-8-15/h5-6,9,14,17H,4,7-8,10H2,1-3H3. The molecule has 100 valence electrons. The Morgan fingerprint density at radius 2 is 2.17 bits per heavy atom. The normalized spacial score (nSPS) is 19.3. The van der Waals surface area contributed by atoms with Gasteiger partial charge in [0.15, 0.2) is 0 Å². The molecule has 1 aliphatic rings. The summed E-state index contributed by atoms with van der Waals surface area (Å²) < 4.78 is 19.0. The van der Waals surface area contributed by atoms with Gasteiger partial charge in [-0.15, -0.1) is 0 Å². The highest BCUT2D eigenvalue weighted by atomic mass is 19.1. The topological polar surface area (TPSA) is 21.3 Å².